The molecule has 0 unspecified atom stereocenters. The van der Waals surface area contributed by atoms with Crippen LogP contribution in [0, 0.1) is 0 Å². The predicted octanol–water partition coefficient (Wildman–Crippen LogP) is 1.58. The number of nitrogens with two attached hydrogens (primary N) is 1. The van der Waals surface area contributed by atoms with Crippen LogP contribution < -0.4 is 5.73 Å². The van der Waals surface area contributed by atoms with E-state index in [-0.39, 0.29) is 0 Å². The van der Waals surface area contributed by atoms with Crippen LogP contribution in [0.25, 0.3) is 0 Å². The van der Waals surface area contributed by atoms with E-state index in [1.54, 1.807) is 0 Å². The minimum absolute atomic E-state index is 0.636. The molecule has 1 aliphatic rings. The number of hydrogen-bond acceptors (Lipinski definition) is 2. The van der Waals surface area contributed by atoms with E-state index in [2.05, 4.69) is 9.55 Å². The van der Waals surface area contributed by atoms with Gasteiger partial charge in [0.05, 0.1) is 6.33 Å². The van der Waals surface area contributed by atoms with Crippen molar-refractivity contribution in [3.8, 4) is 0 Å². The maximum Gasteiger partial charge on any atom is 0.141 e. The molecule has 1 aromatic rings. The number of anilines is 1. The SMILES string of the molecule is Nc1cn(C2CCCC2)cn1. The normalized spacial score (nSPS) is 19.3. The molecule has 0 radical (unpaired) electrons. The quantitative estimate of drug-likeness (QED) is 0.662. The molecule has 0 bridgehead atoms. The highest BCUT2D eigenvalue weighted by atomic mass is 15.1. The van der Waals surface area contributed by atoms with Gasteiger partial charge in [-0.05, 0) is 12.8 Å². The Hall–Kier alpha value is -0.990. The lowest BCUT2D eigenvalue weighted by Crippen LogP contribution is -2.00. The number of imidazole rings is 1. The molecule has 3 heteroatoms. The van der Waals surface area contributed by atoms with Crippen molar-refractivity contribution in [2.75, 3.05) is 5.73 Å². The van der Waals surface area contributed by atoms with Gasteiger partial charge in [-0.25, -0.2) is 4.98 Å². The summed E-state index contributed by atoms with van der Waals surface area (Å²) in [7, 11) is 0. The molecule has 1 fully saturated rings. The molecule has 0 amide bonds. The van der Waals surface area contributed by atoms with Gasteiger partial charge in [0.1, 0.15) is 5.82 Å². The molecule has 60 valence electrons. The van der Waals surface area contributed by atoms with Crippen molar-refractivity contribution < 1.29 is 0 Å². The summed E-state index contributed by atoms with van der Waals surface area (Å²) in [6, 6.07) is 0.666. The standard InChI is InChI=1S/C8H13N3/c9-8-5-11(6-10-8)7-3-1-2-4-7/h5-7H,1-4,9H2. The van der Waals surface area contributed by atoms with Gasteiger partial charge in [0, 0.05) is 12.2 Å². The van der Waals surface area contributed by atoms with E-state index in [9.17, 15) is 0 Å². The number of rotatable bonds is 1. The third kappa shape index (κ3) is 1.23. The zero-order valence-electron chi connectivity index (χ0n) is 6.53. The molecule has 0 atom stereocenters. The Kier molecular flexibility index (Phi) is 1.56. The lowest BCUT2D eigenvalue weighted by molar-refractivity contribution is 0.518. The summed E-state index contributed by atoms with van der Waals surface area (Å²) in [5.41, 5.74) is 5.51. The first-order valence-electron chi connectivity index (χ1n) is 4.15. The minimum atomic E-state index is 0.636. The Morgan fingerprint density at radius 2 is 2.18 bits per heavy atom. The summed E-state index contributed by atoms with van der Waals surface area (Å²) >= 11 is 0. The van der Waals surface area contributed by atoms with Crippen LogP contribution in [-0.4, -0.2) is 9.55 Å². The van der Waals surface area contributed by atoms with Gasteiger partial charge < -0.3 is 10.3 Å². The molecule has 0 spiro atoms. The average Bonchev–Trinajstić information content (AvgIpc) is 2.55. The second-order valence-electron chi connectivity index (χ2n) is 3.18. The van der Waals surface area contributed by atoms with E-state index in [4.69, 9.17) is 5.73 Å². The Labute approximate surface area is 66.2 Å². The van der Waals surface area contributed by atoms with E-state index >= 15 is 0 Å². The van der Waals surface area contributed by atoms with Crippen molar-refractivity contribution in [3.63, 3.8) is 0 Å². The molecule has 3 nitrogen and oxygen atoms in total. The first-order valence-corrected chi connectivity index (χ1v) is 4.15. The third-order valence-electron chi connectivity index (χ3n) is 2.37. The second kappa shape index (κ2) is 2.57. The summed E-state index contributed by atoms with van der Waals surface area (Å²) < 4.78 is 2.14. The molecule has 2 rings (SSSR count). The van der Waals surface area contributed by atoms with Crippen molar-refractivity contribution in [3.05, 3.63) is 12.5 Å². The van der Waals surface area contributed by atoms with Crippen LogP contribution in [0.4, 0.5) is 5.82 Å². The maximum atomic E-state index is 5.51. The fourth-order valence-corrected chi connectivity index (χ4v) is 1.75. The van der Waals surface area contributed by atoms with Crippen LogP contribution in [0.5, 0.6) is 0 Å². The predicted molar refractivity (Wildman–Crippen MR) is 44.1 cm³/mol. The van der Waals surface area contributed by atoms with Gasteiger partial charge in [-0.3, -0.25) is 0 Å². The number of hydrogen-bond donors (Lipinski definition) is 1. The molecule has 1 aliphatic carbocycles. The van der Waals surface area contributed by atoms with Gasteiger partial charge in [-0.2, -0.15) is 0 Å². The summed E-state index contributed by atoms with van der Waals surface area (Å²) in [5, 5.41) is 0. The van der Waals surface area contributed by atoms with Crippen LogP contribution >= 0.6 is 0 Å². The molecule has 1 heterocycles. The highest BCUT2D eigenvalue weighted by molar-refractivity contribution is 5.22. The Morgan fingerprint density at radius 1 is 1.45 bits per heavy atom. The van der Waals surface area contributed by atoms with Crippen LogP contribution in [0.3, 0.4) is 0 Å². The van der Waals surface area contributed by atoms with Gasteiger partial charge in [-0.1, -0.05) is 12.8 Å². The van der Waals surface area contributed by atoms with Crippen LogP contribution in [-0.2, 0) is 0 Å². The molecule has 0 aliphatic heterocycles. The van der Waals surface area contributed by atoms with Crippen LogP contribution in [0.1, 0.15) is 31.7 Å². The summed E-state index contributed by atoms with van der Waals surface area (Å²) in [6.45, 7) is 0. The first-order chi connectivity index (χ1) is 5.36. The first kappa shape index (κ1) is 6.70. The molecular formula is C8H13N3. The van der Waals surface area contributed by atoms with E-state index in [0.29, 0.717) is 11.9 Å². The Bertz CT molecular complexity index is 235. The molecule has 0 aromatic carbocycles. The molecule has 11 heavy (non-hydrogen) atoms. The topological polar surface area (TPSA) is 43.8 Å². The third-order valence-corrected chi connectivity index (χ3v) is 2.37. The van der Waals surface area contributed by atoms with E-state index in [1.165, 1.54) is 25.7 Å². The minimum Gasteiger partial charge on any atom is -0.382 e. The molecule has 1 saturated carbocycles. The molecule has 1 aromatic heterocycles. The van der Waals surface area contributed by atoms with Crippen molar-refractivity contribution >= 4 is 5.82 Å². The van der Waals surface area contributed by atoms with Gasteiger partial charge in [0.2, 0.25) is 0 Å². The fourth-order valence-electron chi connectivity index (χ4n) is 1.75. The summed E-state index contributed by atoms with van der Waals surface area (Å²) in [5.74, 6) is 0.636. The van der Waals surface area contributed by atoms with Gasteiger partial charge >= 0.3 is 0 Å². The second-order valence-corrected chi connectivity index (χ2v) is 3.18. The zero-order chi connectivity index (χ0) is 7.68. The number of nitrogen functional groups attached to an aromatic ring is 1. The molecule has 2 N–H and O–H groups in total. The Balaban J connectivity index is 2.15. The van der Waals surface area contributed by atoms with E-state index in [1.807, 2.05) is 12.5 Å². The van der Waals surface area contributed by atoms with Gasteiger partial charge in [0.25, 0.3) is 0 Å². The Morgan fingerprint density at radius 3 is 2.73 bits per heavy atom. The maximum absolute atomic E-state index is 5.51. The highest BCUT2D eigenvalue weighted by Crippen LogP contribution is 2.29. The fraction of sp³-hybridized carbons (Fsp3) is 0.625. The largest absolute Gasteiger partial charge is 0.382 e. The highest BCUT2D eigenvalue weighted by Gasteiger charge is 2.16. The van der Waals surface area contributed by atoms with Crippen molar-refractivity contribution in [1.82, 2.24) is 9.55 Å². The summed E-state index contributed by atoms with van der Waals surface area (Å²) in [6.07, 6.45) is 9.04. The zero-order valence-corrected chi connectivity index (χ0v) is 6.53. The van der Waals surface area contributed by atoms with Crippen molar-refractivity contribution in [2.45, 2.75) is 31.7 Å². The van der Waals surface area contributed by atoms with Crippen LogP contribution in [0.2, 0.25) is 0 Å². The smallest absolute Gasteiger partial charge is 0.141 e. The number of nitrogens with zero attached hydrogens (tertiary/aromatic N) is 2. The van der Waals surface area contributed by atoms with Crippen LogP contribution in [0.15, 0.2) is 12.5 Å². The molecular weight excluding hydrogens is 138 g/mol. The number of aromatic nitrogens is 2. The lowest BCUT2D eigenvalue weighted by atomic mass is 10.2. The van der Waals surface area contributed by atoms with E-state index in [0.717, 1.165) is 0 Å². The van der Waals surface area contributed by atoms with Gasteiger partial charge in [-0.15, -0.1) is 0 Å². The van der Waals surface area contributed by atoms with Gasteiger partial charge in [0.15, 0.2) is 0 Å². The lowest BCUT2D eigenvalue weighted by Gasteiger charge is -2.08. The van der Waals surface area contributed by atoms with Crippen molar-refractivity contribution in [1.29, 1.82) is 0 Å². The summed E-state index contributed by atoms with van der Waals surface area (Å²) in [4.78, 5) is 4.00. The molecule has 0 saturated heterocycles. The average molecular weight is 151 g/mol. The monoisotopic (exact) mass is 151 g/mol. The van der Waals surface area contributed by atoms with E-state index < -0.39 is 0 Å². The van der Waals surface area contributed by atoms with Crippen molar-refractivity contribution in [2.24, 2.45) is 0 Å².